The van der Waals surface area contributed by atoms with Crippen LogP contribution in [0.5, 0.6) is 0 Å². The summed E-state index contributed by atoms with van der Waals surface area (Å²) in [5, 5.41) is 7.80. The zero-order chi connectivity index (χ0) is 58.1. The number of fused-ring (bicyclic) bond motifs is 10. The molecule has 13 aromatic carbocycles. The van der Waals surface area contributed by atoms with Gasteiger partial charge in [0.25, 0.3) is 0 Å². The average molecular weight is 1130 g/mol. The van der Waals surface area contributed by atoms with Gasteiger partial charge in [-0.25, -0.2) is 4.98 Å². The number of nitrogens with zero attached hydrogens (tertiary/aromatic N) is 8. The highest BCUT2D eigenvalue weighted by Gasteiger charge is 2.26. The lowest BCUT2D eigenvalue weighted by molar-refractivity contribution is 1.04. The first-order valence-corrected chi connectivity index (χ1v) is 29.8. The molecule has 0 atom stereocenters. The SMILES string of the molecule is c1ccc(N(c2ccc3nc(N(c4ccccc4)c4ccc5c6ccccc6n(-c6ccccc6)c5c4)nc(-n4c5ccccc5c5cc(N(c6ccccc6)c6ccccc6)ccc54)c3c2)c2ccc3c(c2)c2ccccc2n3-c2ccccc2)cc1. The minimum absolute atomic E-state index is 0.533. The second-order valence-corrected chi connectivity index (χ2v) is 22.2. The maximum absolute atomic E-state index is 5.94. The second kappa shape index (κ2) is 21.0. The van der Waals surface area contributed by atoms with Gasteiger partial charge in [-0.2, -0.15) is 4.98 Å². The van der Waals surface area contributed by atoms with Gasteiger partial charge in [-0.05, 0) is 158 Å². The monoisotopic (exact) mass is 1130 g/mol. The molecule has 4 heterocycles. The van der Waals surface area contributed by atoms with Crippen molar-refractivity contribution in [2.75, 3.05) is 14.7 Å². The maximum atomic E-state index is 5.94. The molecule has 8 nitrogen and oxygen atoms in total. The standard InChI is InChI=1S/C80H54N8/c1-7-25-55(26-8-1)83(56-27-9-2-10-28-56)62-46-50-77-70(51-62)67-39-21-24-42-75(67)88(77)79-71-53-61(84(57-29-11-3-12-30-57)63-45-49-76-69(52-63)66-38-20-23-41-74(66)86(76)59-33-15-5-16-34-59)44-48-72(71)81-80(82-79)85(58-31-13-4-14-32-58)64-43-47-68-65-37-19-22-40-73(65)87(78(68)54-64)60-35-17-6-18-36-60/h1-54H. The molecule has 0 aliphatic heterocycles. The van der Waals surface area contributed by atoms with Crippen LogP contribution < -0.4 is 14.7 Å². The number of aromatic nitrogens is 5. The highest BCUT2D eigenvalue weighted by molar-refractivity contribution is 6.14. The van der Waals surface area contributed by atoms with Crippen molar-refractivity contribution in [3.8, 4) is 17.2 Å². The third kappa shape index (κ3) is 8.37. The fourth-order valence-corrected chi connectivity index (χ4v) is 13.3. The van der Waals surface area contributed by atoms with Crippen LogP contribution >= 0.6 is 0 Å². The molecule has 0 unspecified atom stereocenters. The van der Waals surface area contributed by atoms with E-state index >= 15 is 0 Å². The highest BCUT2D eigenvalue weighted by Crippen LogP contribution is 2.46. The fraction of sp³-hybridized carbons (Fsp3) is 0. The minimum atomic E-state index is 0.533. The predicted molar refractivity (Wildman–Crippen MR) is 367 cm³/mol. The minimum Gasteiger partial charge on any atom is -0.310 e. The van der Waals surface area contributed by atoms with Crippen LogP contribution in [-0.4, -0.2) is 23.7 Å². The molecule has 0 bridgehead atoms. The summed E-state index contributed by atoms with van der Waals surface area (Å²) >= 11 is 0. The topological polar surface area (TPSA) is 50.3 Å². The van der Waals surface area contributed by atoms with Crippen LogP contribution in [0.25, 0.3) is 93.5 Å². The summed E-state index contributed by atoms with van der Waals surface area (Å²) < 4.78 is 7.10. The van der Waals surface area contributed by atoms with Crippen LogP contribution in [0.4, 0.5) is 51.4 Å². The summed E-state index contributed by atoms with van der Waals surface area (Å²) in [5.74, 6) is 1.28. The van der Waals surface area contributed by atoms with E-state index in [0.29, 0.717) is 5.95 Å². The van der Waals surface area contributed by atoms with Gasteiger partial charge in [0.2, 0.25) is 5.95 Å². The molecule has 0 N–H and O–H groups in total. The van der Waals surface area contributed by atoms with E-state index in [9.17, 15) is 0 Å². The molecule has 0 saturated carbocycles. The van der Waals surface area contributed by atoms with E-state index in [1.54, 1.807) is 0 Å². The van der Waals surface area contributed by atoms with Gasteiger partial charge >= 0.3 is 0 Å². The number of anilines is 9. The summed E-state index contributed by atoms with van der Waals surface area (Å²) in [6, 6.07) is 117. The van der Waals surface area contributed by atoms with E-state index in [1.165, 1.54) is 16.2 Å². The Bertz CT molecular complexity index is 5410. The van der Waals surface area contributed by atoms with Crippen molar-refractivity contribution in [3.05, 3.63) is 328 Å². The van der Waals surface area contributed by atoms with Gasteiger partial charge in [0, 0.05) is 88.9 Å². The van der Waals surface area contributed by atoms with Crippen molar-refractivity contribution in [1.29, 1.82) is 0 Å². The summed E-state index contributed by atoms with van der Waals surface area (Å²) in [5.41, 5.74) is 17.6. The Balaban J connectivity index is 0.923. The molecular formula is C80H54N8. The van der Waals surface area contributed by atoms with Crippen molar-refractivity contribution in [1.82, 2.24) is 23.7 Å². The Kier molecular flexibility index (Phi) is 12.0. The Morgan fingerprint density at radius 1 is 0.205 bits per heavy atom. The van der Waals surface area contributed by atoms with E-state index in [1.807, 2.05) is 0 Å². The van der Waals surface area contributed by atoms with Crippen LogP contribution in [0.15, 0.2) is 328 Å². The molecule has 17 rings (SSSR count). The molecule has 4 aromatic heterocycles. The first kappa shape index (κ1) is 50.5. The van der Waals surface area contributed by atoms with Gasteiger partial charge in [-0.3, -0.25) is 9.47 Å². The Morgan fingerprint density at radius 3 is 1.03 bits per heavy atom. The molecule has 0 spiro atoms. The summed E-state index contributed by atoms with van der Waals surface area (Å²) in [6.07, 6.45) is 0. The Morgan fingerprint density at radius 2 is 0.534 bits per heavy atom. The first-order chi connectivity index (χ1) is 43.7. The lowest BCUT2D eigenvalue weighted by atomic mass is 10.1. The molecule has 17 aromatic rings. The lowest BCUT2D eigenvalue weighted by Crippen LogP contribution is -2.16. The molecule has 8 heteroatoms. The normalized spacial score (nSPS) is 11.6. The maximum Gasteiger partial charge on any atom is 0.237 e. The van der Waals surface area contributed by atoms with E-state index in [-0.39, 0.29) is 0 Å². The van der Waals surface area contributed by atoms with Crippen molar-refractivity contribution in [2.24, 2.45) is 0 Å². The molecular weight excluding hydrogens is 1070 g/mol. The Labute approximate surface area is 508 Å². The smallest absolute Gasteiger partial charge is 0.237 e. The van der Waals surface area contributed by atoms with Gasteiger partial charge in [0.15, 0.2) is 5.82 Å². The molecule has 414 valence electrons. The third-order valence-corrected chi connectivity index (χ3v) is 17.1. The zero-order valence-electron chi connectivity index (χ0n) is 47.8. The fourth-order valence-electron chi connectivity index (χ4n) is 13.3. The lowest BCUT2D eigenvalue weighted by Gasteiger charge is -2.27. The van der Waals surface area contributed by atoms with Gasteiger partial charge in [0.05, 0.1) is 44.3 Å². The molecule has 0 amide bonds. The number of hydrogen-bond acceptors (Lipinski definition) is 5. The van der Waals surface area contributed by atoms with Crippen molar-refractivity contribution in [2.45, 2.75) is 0 Å². The molecule has 0 fully saturated rings. The number of benzene rings is 13. The second-order valence-electron chi connectivity index (χ2n) is 22.2. The number of hydrogen-bond donors (Lipinski definition) is 0. The first-order valence-electron chi connectivity index (χ1n) is 29.8. The van der Waals surface area contributed by atoms with E-state index < -0.39 is 0 Å². The van der Waals surface area contributed by atoms with Gasteiger partial charge in [0.1, 0.15) is 0 Å². The quantitative estimate of drug-likeness (QED) is 0.122. The van der Waals surface area contributed by atoms with Crippen molar-refractivity contribution >= 4 is 128 Å². The van der Waals surface area contributed by atoms with Crippen LogP contribution in [-0.2, 0) is 0 Å². The molecule has 0 radical (unpaired) electrons. The third-order valence-electron chi connectivity index (χ3n) is 17.1. The summed E-state index contributed by atoms with van der Waals surface area (Å²) in [4.78, 5) is 18.5. The summed E-state index contributed by atoms with van der Waals surface area (Å²) in [7, 11) is 0. The molecule has 88 heavy (non-hydrogen) atoms. The average Bonchev–Trinajstić information content (AvgIpc) is 1.73. The number of para-hydroxylation sites is 9. The van der Waals surface area contributed by atoms with Crippen LogP contribution in [0.1, 0.15) is 0 Å². The van der Waals surface area contributed by atoms with E-state index in [0.717, 1.165) is 123 Å². The molecule has 0 saturated heterocycles. The largest absolute Gasteiger partial charge is 0.310 e. The predicted octanol–water partition coefficient (Wildman–Crippen LogP) is 21.3. The van der Waals surface area contributed by atoms with E-state index in [2.05, 4.69) is 356 Å². The highest BCUT2D eigenvalue weighted by atomic mass is 15.3. The van der Waals surface area contributed by atoms with E-state index in [4.69, 9.17) is 9.97 Å². The number of rotatable bonds is 12. The van der Waals surface area contributed by atoms with Gasteiger partial charge < -0.3 is 18.9 Å². The molecule has 0 aliphatic rings. The molecule has 0 aliphatic carbocycles. The zero-order valence-corrected chi connectivity index (χ0v) is 47.8. The van der Waals surface area contributed by atoms with Crippen LogP contribution in [0, 0.1) is 0 Å². The van der Waals surface area contributed by atoms with Crippen LogP contribution in [0.2, 0.25) is 0 Å². The summed E-state index contributed by atoms with van der Waals surface area (Å²) in [6.45, 7) is 0. The van der Waals surface area contributed by atoms with Gasteiger partial charge in [-0.15, -0.1) is 0 Å². The van der Waals surface area contributed by atoms with Crippen molar-refractivity contribution in [3.63, 3.8) is 0 Å². The van der Waals surface area contributed by atoms with Crippen LogP contribution in [0.3, 0.4) is 0 Å². The van der Waals surface area contributed by atoms with Gasteiger partial charge in [-0.1, -0.05) is 170 Å². The Hall–Kier alpha value is -12.0. The van der Waals surface area contributed by atoms with Crippen molar-refractivity contribution < 1.29 is 0 Å².